The van der Waals surface area contributed by atoms with E-state index in [-0.39, 0.29) is 17.9 Å². The van der Waals surface area contributed by atoms with Crippen molar-refractivity contribution in [2.75, 3.05) is 18.4 Å². The molecule has 2 fully saturated rings. The minimum atomic E-state index is -0.141. The summed E-state index contributed by atoms with van der Waals surface area (Å²) >= 11 is 1.40. The van der Waals surface area contributed by atoms with Gasteiger partial charge in [-0.3, -0.25) is 4.79 Å². The fourth-order valence-electron chi connectivity index (χ4n) is 2.36. The number of piperidine rings is 1. The summed E-state index contributed by atoms with van der Waals surface area (Å²) in [6, 6.07) is 0.325. The van der Waals surface area contributed by atoms with Crippen LogP contribution in [0.1, 0.15) is 25.7 Å². The van der Waals surface area contributed by atoms with Gasteiger partial charge in [-0.2, -0.15) is 0 Å². The van der Waals surface area contributed by atoms with Gasteiger partial charge in [0.15, 0.2) is 5.13 Å². The van der Waals surface area contributed by atoms with Gasteiger partial charge < -0.3 is 15.5 Å². The molecule has 0 aromatic carbocycles. The number of nitrogens with one attached hydrogen (secondary N) is 2. The largest absolute Gasteiger partial charge is 0.335 e. The lowest BCUT2D eigenvalue weighted by molar-refractivity contribution is -0.121. The zero-order chi connectivity index (χ0) is 13.9. The highest BCUT2D eigenvalue weighted by atomic mass is 32.1. The van der Waals surface area contributed by atoms with Crippen molar-refractivity contribution in [1.82, 2.24) is 15.2 Å². The number of carbonyl (C=O) groups excluding carboxylic acids is 2. The maximum absolute atomic E-state index is 12.2. The van der Waals surface area contributed by atoms with Crippen molar-refractivity contribution >= 4 is 28.4 Å². The van der Waals surface area contributed by atoms with Crippen LogP contribution in [0.25, 0.3) is 0 Å². The topological polar surface area (TPSA) is 74.3 Å². The van der Waals surface area contributed by atoms with Gasteiger partial charge in [-0.15, -0.1) is 11.3 Å². The number of urea groups is 1. The third-order valence-electron chi connectivity index (χ3n) is 3.65. The van der Waals surface area contributed by atoms with Crippen molar-refractivity contribution in [3.8, 4) is 0 Å². The molecule has 3 amide bonds. The first-order valence-corrected chi connectivity index (χ1v) is 7.86. The third-order valence-corrected chi connectivity index (χ3v) is 4.34. The summed E-state index contributed by atoms with van der Waals surface area (Å²) in [5.74, 6) is -0.179. The summed E-state index contributed by atoms with van der Waals surface area (Å²) in [5, 5.41) is 8.23. The molecule has 1 saturated carbocycles. The van der Waals surface area contributed by atoms with Crippen LogP contribution >= 0.6 is 11.3 Å². The number of likely N-dealkylation sites (tertiary alicyclic amines) is 1. The molecule has 6 nitrogen and oxygen atoms in total. The SMILES string of the molecule is O=C(Nc1nccs1)[C@@H]1CCCN(C(=O)NC2CC2)C1. The first-order valence-electron chi connectivity index (χ1n) is 6.98. The molecular formula is C13H18N4O2S. The summed E-state index contributed by atoms with van der Waals surface area (Å²) in [5.41, 5.74) is 0. The smallest absolute Gasteiger partial charge is 0.317 e. The van der Waals surface area contributed by atoms with Gasteiger partial charge in [-0.25, -0.2) is 9.78 Å². The Morgan fingerprint density at radius 1 is 1.35 bits per heavy atom. The Morgan fingerprint density at radius 3 is 2.90 bits per heavy atom. The Kier molecular flexibility index (Phi) is 3.86. The third kappa shape index (κ3) is 3.27. The number of nitrogens with zero attached hydrogens (tertiary/aromatic N) is 2. The minimum Gasteiger partial charge on any atom is -0.335 e. The van der Waals surface area contributed by atoms with E-state index in [0.29, 0.717) is 17.7 Å². The van der Waals surface area contributed by atoms with Crippen LogP contribution in [0.3, 0.4) is 0 Å². The molecule has 0 radical (unpaired) electrons. The highest BCUT2D eigenvalue weighted by Crippen LogP contribution is 2.22. The van der Waals surface area contributed by atoms with Gasteiger partial charge in [0.25, 0.3) is 0 Å². The van der Waals surface area contributed by atoms with Crippen LogP contribution < -0.4 is 10.6 Å². The standard InChI is InChI=1S/C13H18N4O2S/c18-11(16-12-14-5-7-20-12)9-2-1-6-17(8-9)13(19)15-10-3-4-10/h5,7,9-10H,1-4,6,8H2,(H,15,19)(H,14,16,18)/t9-/m1/s1. The Hall–Kier alpha value is -1.63. The molecular weight excluding hydrogens is 276 g/mol. The summed E-state index contributed by atoms with van der Waals surface area (Å²) in [4.78, 5) is 30.0. The summed E-state index contributed by atoms with van der Waals surface area (Å²) in [6.45, 7) is 1.23. The van der Waals surface area contributed by atoms with Crippen molar-refractivity contribution in [2.24, 2.45) is 5.92 Å². The minimum absolute atomic E-state index is 0.0285. The molecule has 2 heterocycles. The summed E-state index contributed by atoms with van der Waals surface area (Å²) < 4.78 is 0. The number of thiazole rings is 1. The second-order valence-electron chi connectivity index (χ2n) is 5.34. The average Bonchev–Trinajstić information content (AvgIpc) is 3.12. The molecule has 3 rings (SSSR count). The van der Waals surface area contributed by atoms with Gasteiger partial charge in [-0.05, 0) is 25.7 Å². The monoisotopic (exact) mass is 294 g/mol. The molecule has 1 aliphatic heterocycles. The molecule has 7 heteroatoms. The van der Waals surface area contributed by atoms with Crippen molar-refractivity contribution in [3.63, 3.8) is 0 Å². The quantitative estimate of drug-likeness (QED) is 0.890. The summed E-state index contributed by atoms with van der Waals surface area (Å²) in [6.07, 6.45) is 5.51. The van der Waals surface area contributed by atoms with Gasteiger partial charge in [0.2, 0.25) is 5.91 Å². The fourth-order valence-corrected chi connectivity index (χ4v) is 2.89. The Bertz CT molecular complexity index is 487. The second kappa shape index (κ2) is 5.78. The first kappa shape index (κ1) is 13.4. The molecule has 1 aromatic rings. The van der Waals surface area contributed by atoms with E-state index in [9.17, 15) is 9.59 Å². The van der Waals surface area contributed by atoms with Gasteiger partial charge >= 0.3 is 6.03 Å². The Balaban J connectivity index is 1.53. The van der Waals surface area contributed by atoms with E-state index in [1.165, 1.54) is 11.3 Å². The molecule has 1 aromatic heterocycles. The fraction of sp³-hybridized carbons (Fsp3) is 0.615. The number of aromatic nitrogens is 1. The number of hydrogen-bond donors (Lipinski definition) is 2. The first-order chi connectivity index (χ1) is 9.72. The van der Waals surface area contributed by atoms with E-state index in [1.54, 1.807) is 11.1 Å². The molecule has 20 heavy (non-hydrogen) atoms. The number of carbonyl (C=O) groups is 2. The molecule has 0 bridgehead atoms. The highest BCUT2D eigenvalue weighted by Gasteiger charge is 2.31. The van der Waals surface area contributed by atoms with Gasteiger partial charge in [-0.1, -0.05) is 0 Å². The van der Waals surface area contributed by atoms with Gasteiger partial charge in [0.1, 0.15) is 0 Å². The van der Waals surface area contributed by atoms with Crippen molar-refractivity contribution in [3.05, 3.63) is 11.6 Å². The molecule has 1 saturated heterocycles. The van der Waals surface area contributed by atoms with Crippen LogP contribution in [0.4, 0.5) is 9.93 Å². The second-order valence-corrected chi connectivity index (χ2v) is 6.23. The van der Waals surface area contributed by atoms with Crippen LogP contribution in [-0.4, -0.2) is 41.0 Å². The maximum atomic E-state index is 12.2. The van der Waals surface area contributed by atoms with E-state index < -0.39 is 0 Å². The number of rotatable bonds is 3. The zero-order valence-corrected chi connectivity index (χ0v) is 12.0. The number of anilines is 1. The van der Waals surface area contributed by atoms with Crippen molar-refractivity contribution in [2.45, 2.75) is 31.7 Å². The molecule has 1 aliphatic carbocycles. The summed E-state index contributed by atoms with van der Waals surface area (Å²) in [7, 11) is 0. The molecule has 1 atom stereocenters. The zero-order valence-electron chi connectivity index (χ0n) is 11.2. The molecule has 2 aliphatic rings. The van der Waals surface area contributed by atoms with Crippen LogP contribution in [0.15, 0.2) is 11.6 Å². The normalized spacial score (nSPS) is 22.4. The number of amides is 3. The maximum Gasteiger partial charge on any atom is 0.317 e. The van der Waals surface area contributed by atoms with Crippen LogP contribution in [0.2, 0.25) is 0 Å². The van der Waals surface area contributed by atoms with Crippen molar-refractivity contribution in [1.29, 1.82) is 0 Å². The van der Waals surface area contributed by atoms with E-state index in [1.807, 2.05) is 5.38 Å². The Morgan fingerprint density at radius 2 is 2.20 bits per heavy atom. The molecule has 2 N–H and O–H groups in total. The van der Waals surface area contributed by atoms with E-state index >= 15 is 0 Å². The van der Waals surface area contributed by atoms with E-state index in [4.69, 9.17) is 0 Å². The number of hydrogen-bond acceptors (Lipinski definition) is 4. The average molecular weight is 294 g/mol. The predicted molar refractivity (Wildman–Crippen MR) is 76.6 cm³/mol. The Labute approximate surface area is 121 Å². The molecule has 0 unspecified atom stereocenters. The van der Waals surface area contributed by atoms with E-state index in [0.717, 1.165) is 32.2 Å². The predicted octanol–water partition coefficient (Wildman–Crippen LogP) is 1.67. The lowest BCUT2D eigenvalue weighted by atomic mass is 9.97. The van der Waals surface area contributed by atoms with Crippen LogP contribution in [-0.2, 0) is 4.79 Å². The lowest BCUT2D eigenvalue weighted by Gasteiger charge is -2.31. The highest BCUT2D eigenvalue weighted by molar-refractivity contribution is 7.13. The lowest BCUT2D eigenvalue weighted by Crippen LogP contribution is -2.48. The van der Waals surface area contributed by atoms with Crippen LogP contribution in [0, 0.1) is 5.92 Å². The molecule has 108 valence electrons. The van der Waals surface area contributed by atoms with E-state index in [2.05, 4.69) is 15.6 Å². The van der Waals surface area contributed by atoms with Gasteiger partial charge in [0.05, 0.1) is 5.92 Å². The van der Waals surface area contributed by atoms with Crippen LogP contribution in [0.5, 0.6) is 0 Å². The van der Waals surface area contributed by atoms with Gasteiger partial charge in [0, 0.05) is 30.7 Å². The van der Waals surface area contributed by atoms with Crippen molar-refractivity contribution < 1.29 is 9.59 Å². The molecule has 0 spiro atoms.